The number of benzene rings is 1. The van der Waals surface area contributed by atoms with E-state index in [2.05, 4.69) is 10.3 Å². The van der Waals surface area contributed by atoms with Crippen LogP contribution in [0.25, 0.3) is 21.3 Å². The number of nitrogens with one attached hydrogen (secondary N) is 1. The molecule has 3 heterocycles. The van der Waals surface area contributed by atoms with Crippen molar-refractivity contribution in [1.29, 1.82) is 0 Å². The number of rotatable bonds is 4. The fourth-order valence-electron chi connectivity index (χ4n) is 2.95. The van der Waals surface area contributed by atoms with E-state index < -0.39 is 11.8 Å². The van der Waals surface area contributed by atoms with Crippen molar-refractivity contribution in [2.24, 2.45) is 5.73 Å². The highest BCUT2D eigenvalue weighted by atomic mass is 35.5. The number of carbonyl (C=O) groups excluding carboxylic acids is 2. The summed E-state index contributed by atoms with van der Waals surface area (Å²) in [6, 6.07) is 10.7. The lowest BCUT2D eigenvalue weighted by atomic mass is 10.0. The Morgan fingerprint density at radius 3 is 2.55 bits per heavy atom. The monoisotopic (exact) mass is 442 g/mol. The van der Waals surface area contributed by atoms with Crippen molar-refractivity contribution in [1.82, 2.24) is 4.98 Å². The van der Waals surface area contributed by atoms with Crippen LogP contribution in [0.4, 0.5) is 10.7 Å². The first-order valence-corrected chi connectivity index (χ1v) is 10.6. The lowest BCUT2D eigenvalue weighted by molar-refractivity contribution is 0.100. The second-order valence-electron chi connectivity index (χ2n) is 6.33. The van der Waals surface area contributed by atoms with Crippen molar-refractivity contribution in [2.75, 3.05) is 11.1 Å². The molecule has 0 fully saturated rings. The molecule has 0 aliphatic carbocycles. The van der Waals surface area contributed by atoms with E-state index in [9.17, 15) is 9.59 Å². The largest absolute Gasteiger partial charge is 0.397 e. The fraction of sp³-hybridized carbons (Fsp3) is 0.0500. The lowest BCUT2D eigenvalue weighted by Crippen LogP contribution is -2.17. The Morgan fingerprint density at radius 2 is 1.86 bits per heavy atom. The number of aryl methyl sites for hydroxylation is 1. The van der Waals surface area contributed by atoms with Crippen LogP contribution in [0.3, 0.4) is 0 Å². The maximum atomic E-state index is 12.9. The highest BCUT2D eigenvalue weighted by Gasteiger charge is 2.23. The molecule has 29 heavy (non-hydrogen) atoms. The Morgan fingerprint density at radius 1 is 1.14 bits per heavy atom. The molecule has 0 spiro atoms. The van der Waals surface area contributed by atoms with Gasteiger partial charge in [-0.2, -0.15) is 0 Å². The number of thiophene rings is 2. The van der Waals surface area contributed by atoms with E-state index in [1.54, 1.807) is 29.6 Å². The van der Waals surface area contributed by atoms with Gasteiger partial charge in [-0.3, -0.25) is 9.59 Å². The molecular weight excluding hydrogens is 428 g/mol. The van der Waals surface area contributed by atoms with Crippen LogP contribution in [0.15, 0.2) is 41.8 Å². The average molecular weight is 443 g/mol. The van der Waals surface area contributed by atoms with Gasteiger partial charge in [0.05, 0.1) is 11.3 Å². The van der Waals surface area contributed by atoms with Crippen LogP contribution in [0, 0.1) is 6.92 Å². The SMILES string of the molecule is Cc1ccc2c(N)c(C(=O)Nc3scc(-c4ccc(Cl)cc4)c3C(N)=O)sc2n1. The Balaban J connectivity index is 1.71. The summed E-state index contributed by atoms with van der Waals surface area (Å²) >= 11 is 8.37. The maximum Gasteiger partial charge on any atom is 0.268 e. The molecule has 0 saturated heterocycles. The number of halogens is 1. The first-order valence-electron chi connectivity index (χ1n) is 8.49. The third-order valence-corrected chi connectivity index (χ3v) is 6.62. The molecule has 4 aromatic rings. The molecule has 0 aliphatic heterocycles. The number of hydrogen-bond donors (Lipinski definition) is 3. The van der Waals surface area contributed by atoms with Gasteiger partial charge in [0.2, 0.25) is 0 Å². The highest BCUT2D eigenvalue weighted by Crippen LogP contribution is 2.38. The van der Waals surface area contributed by atoms with Gasteiger partial charge < -0.3 is 16.8 Å². The number of carbonyl (C=O) groups is 2. The molecule has 0 aliphatic rings. The minimum Gasteiger partial charge on any atom is -0.397 e. The first kappa shape index (κ1) is 19.4. The Kier molecular flexibility index (Phi) is 4.99. The van der Waals surface area contributed by atoms with Crippen LogP contribution in [0.2, 0.25) is 5.02 Å². The van der Waals surface area contributed by atoms with Crippen molar-refractivity contribution in [3.8, 4) is 11.1 Å². The van der Waals surface area contributed by atoms with E-state index in [4.69, 9.17) is 23.1 Å². The zero-order chi connectivity index (χ0) is 20.7. The number of anilines is 2. The van der Waals surface area contributed by atoms with Gasteiger partial charge in [0.25, 0.3) is 11.8 Å². The highest BCUT2D eigenvalue weighted by molar-refractivity contribution is 7.21. The van der Waals surface area contributed by atoms with E-state index >= 15 is 0 Å². The Hall–Kier alpha value is -2.94. The summed E-state index contributed by atoms with van der Waals surface area (Å²) < 4.78 is 0. The van der Waals surface area contributed by atoms with Crippen molar-refractivity contribution in [3.05, 3.63) is 62.9 Å². The van der Waals surface area contributed by atoms with Crippen molar-refractivity contribution in [2.45, 2.75) is 6.92 Å². The Labute approximate surface area is 179 Å². The summed E-state index contributed by atoms with van der Waals surface area (Å²) in [5.74, 6) is -1.04. The number of nitrogens with two attached hydrogens (primary N) is 2. The standard InChI is InChI=1S/C20H15ClN4O2S2/c1-9-2-7-12-15(22)16(29-19(12)24-9)18(27)25-20-14(17(23)26)13(8-28-20)10-3-5-11(21)6-4-10/h2-8H,22H2,1H3,(H2,23,26)(H,25,27). The Bertz CT molecular complexity index is 1260. The summed E-state index contributed by atoms with van der Waals surface area (Å²) in [4.78, 5) is 30.5. The van der Waals surface area contributed by atoms with Crippen LogP contribution < -0.4 is 16.8 Å². The summed E-state index contributed by atoms with van der Waals surface area (Å²) in [6.45, 7) is 1.87. The normalized spacial score (nSPS) is 11.0. The zero-order valence-corrected chi connectivity index (χ0v) is 17.5. The number of hydrogen-bond acceptors (Lipinski definition) is 6. The molecule has 146 valence electrons. The minimum atomic E-state index is -0.631. The van der Waals surface area contributed by atoms with Crippen LogP contribution in [-0.2, 0) is 0 Å². The average Bonchev–Trinajstić information content (AvgIpc) is 3.23. The van der Waals surface area contributed by atoms with Crippen molar-refractivity contribution >= 4 is 67.0 Å². The van der Waals surface area contributed by atoms with Gasteiger partial charge in [0.1, 0.15) is 14.7 Å². The predicted octanol–water partition coefficient (Wildman–Crippen LogP) is 4.92. The summed E-state index contributed by atoms with van der Waals surface area (Å²) in [5.41, 5.74) is 14.6. The molecular formula is C20H15ClN4O2S2. The van der Waals surface area contributed by atoms with Gasteiger partial charge in [-0.15, -0.1) is 22.7 Å². The number of amides is 2. The van der Waals surface area contributed by atoms with Gasteiger partial charge in [-0.25, -0.2) is 4.98 Å². The van der Waals surface area contributed by atoms with E-state index in [1.165, 1.54) is 22.7 Å². The van der Waals surface area contributed by atoms with Crippen LogP contribution in [0.5, 0.6) is 0 Å². The van der Waals surface area contributed by atoms with Gasteiger partial charge in [-0.05, 0) is 36.8 Å². The molecule has 0 atom stereocenters. The molecule has 3 aromatic heterocycles. The maximum absolute atomic E-state index is 12.9. The molecule has 5 N–H and O–H groups in total. The number of pyridine rings is 1. The molecule has 4 rings (SSSR count). The number of primary amides is 1. The first-order chi connectivity index (χ1) is 13.8. The third kappa shape index (κ3) is 3.57. The summed E-state index contributed by atoms with van der Waals surface area (Å²) in [7, 11) is 0. The molecule has 2 amide bonds. The zero-order valence-electron chi connectivity index (χ0n) is 15.2. The third-order valence-electron chi connectivity index (χ3n) is 4.36. The number of aromatic nitrogens is 1. The molecule has 0 radical (unpaired) electrons. The lowest BCUT2D eigenvalue weighted by Gasteiger charge is -2.06. The van der Waals surface area contributed by atoms with Gasteiger partial charge >= 0.3 is 0 Å². The van der Waals surface area contributed by atoms with E-state index in [0.717, 1.165) is 16.6 Å². The molecule has 0 bridgehead atoms. The quantitative estimate of drug-likeness (QED) is 0.416. The van der Waals surface area contributed by atoms with E-state index in [-0.39, 0.29) is 5.56 Å². The number of fused-ring (bicyclic) bond motifs is 1. The molecule has 0 unspecified atom stereocenters. The molecule has 0 saturated carbocycles. The fourth-order valence-corrected chi connectivity index (χ4v) is 5.08. The minimum absolute atomic E-state index is 0.249. The molecule has 6 nitrogen and oxygen atoms in total. The van der Waals surface area contributed by atoms with Crippen LogP contribution in [0.1, 0.15) is 25.7 Å². The number of nitrogen functional groups attached to an aromatic ring is 1. The smallest absolute Gasteiger partial charge is 0.268 e. The van der Waals surface area contributed by atoms with Crippen LogP contribution in [-0.4, -0.2) is 16.8 Å². The van der Waals surface area contributed by atoms with E-state index in [1.807, 2.05) is 19.1 Å². The van der Waals surface area contributed by atoms with Gasteiger partial charge in [0, 0.05) is 27.0 Å². The van der Waals surface area contributed by atoms with Crippen molar-refractivity contribution in [3.63, 3.8) is 0 Å². The van der Waals surface area contributed by atoms with Crippen LogP contribution >= 0.6 is 34.3 Å². The number of nitrogens with zero attached hydrogens (tertiary/aromatic N) is 1. The van der Waals surface area contributed by atoms with Crippen molar-refractivity contribution < 1.29 is 9.59 Å². The summed E-state index contributed by atoms with van der Waals surface area (Å²) in [6.07, 6.45) is 0. The second kappa shape index (κ2) is 7.47. The van der Waals surface area contributed by atoms with Gasteiger partial charge in [0.15, 0.2) is 0 Å². The van der Waals surface area contributed by atoms with E-state index in [0.29, 0.717) is 31.0 Å². The summed E-state index contributed by atoms with van der Waals surface area (Å²) in [5, 5.41) is 6.24. The second-order valence-corrected chi connectivity index (χ2v) is 8.64. The molecule has 9 heteroatoms. The molecule has 1 aromatic carbocycles. The predicted molar refractivity (Wildman–Crippen MR) is 120 cm³/mol. The van der Waals surface area contributed by atoms with Gasteiger partial charge in [-0.1, -0.05) is 23.7 Å². The topological polar surface area (TPSA) is 111 Å².